The minimum atomic E-state index is -0.389. The number of nitrogens with two attached hydrogens (primary N) is 1. The zero-order valence-electron chi connectivity index (χ0n) is 12.5. The van der Waals surface area contributed by atoms with E-state index in [1.165, 1.54) is 6.42 Å². The van der Waals surface area contributed by atoms with E-state index in [-0.39, 0.29) is 11.4 Å². The molecule has 1 unspecified atom stereocenters. The van der Waals surface area contributed by atoms with Gasteiger partial charge in [0.15, 0.2) is 0 Å². The zero-order chi connectivity index (χ0) is 13.9. The third-order valence-electron chi connectivity index (χ3n) is 5.06. The van der Waals surface area contributed by atoms with Crippen LogP contribution in [0.1, 0.15) is 52.4 Å². The fourth-order valence-electron chi connectivity index (χ4n) is 3.65. The van der Waals surface area contributed by atoms with Crippen molar-refractivity contribution in [2.24, 2.45) is 11.1 Å². The zero-order valence-corrected chi connectivity index (χ0v) is 12.5. The minimum absolute atomic E-state index is 0.105. The lowest BCUT2D eigenvalue weighted by molar-refractivity contribution is -0.131. The maximum Gasteiger partial charge on any atom is 0.237 e. The average Bonchev–Trinajstić information content (AvgIpc) is 2.68. The molecule has 0 bridgehead atoms. The summed E-state index contributed by atoms with van der Waals surface area (Å²) < 4.78 is 0. The van der Waals surface area contributed by atoms with Crippen LogP contribution in [-0.2, 0) is 4.79 Å². The molecular weight excluding hydrogens is 238 g/mol. The van der Waals surface area contributed by atoms with Crippen molar-refractivity contribution >= 4 is 5.91 Å². The molecule has 2 rings (SSSR count). The van der Waals surface area contributed by atoms with Crippen LogP contribution in [0.2, 0.25) is 0 Å². The van der Waals surface area contributed by atoms with Gasteiger partial charge in [-0.05, 0) is 44.1 Å². The summed E-state index contributed by atoms with van der Waals surface area (Å²) >= 11 is 0. The molecule has 1 amide bonds. The predicted octanol–water partition coefficient (Wildman–Crippen LogP) is 1.50. The van der Waals surface area contributed by atoms with Gasteiger partial charge < -0.3 is 11.1 Å². The molecule has 110 valence electrons. The van der Waals surface area contributed by atoms with E-state index >= 15 is 0 Å². The lowest BCUT2D eigenvalue weighted by Gasteiger charge is -2.41. The lowest BCUT2D eigenvalue weighted by atomic mass is 9.82. The van der Waals surface area contributed by atoms with Gasteiger partial charge in [-0.1, -0.05) is 20.3 Å². The van der Waals surface area contributed by atoms with E-state index in [0.29, 0.717) is 5.41 Å². The van der Waals surface area contributed by atoms with Gasteiger partial charge in [0.2, 0.25) is 5.91 Å². The van der Waals surface area contributed by atoms with Crippen LogP contribution in [0.3, 0.4) is 0 Å². The van der Waals surface area contributed by atoms with Crippen LogP contribution < -0.4 is 11.1 Å². The van der Waals surface area contributed by atoms with Gasteiger partial charge in [0, 0.05) is 19.6 Å². The highest BCUT2D eigenvalue weighted by atomic mass is 16.1. The van der Waals surface area contributed by atoms with Crippen molar-refractivity contribution < 1.29 is 4.79 Å². The molecule has 2 fully saturated rings. The molecule has 4 nitrogen and oxygen atoms in total. The van der Waals surface area contributed by atoms with Crippen molar-refractivity contribution in [3.05, 3.63) is 0 Å². The second-order valence-corrected chi connectivity index (χ2v) is 7.00. The Balaban J connectivity index is 2.19. The van der Waals surface area contributed by atoms with Crippen molar-refractivity contribution in [1.29, 1.82) is 0 Å². The third-order valence-corrected chi connectivity index (χ3v) is 5.06. The first-order chi connectivity index (χ1) is 8.96. The van der Waals surface area contributed by atoms with Crippen molar-refractivity contribution in [2.75, 3.05) is 26.2 Å². The largest absolute Gasteiger partial charge is 0.368 e. The molecule has 1 saturated carbocycles. The standard InChI is InChI=1S/C15H29N3O/c1-14(2)5-3-6-15(8-7-14,13(16)19)18-11-4-9-17-10-12-18/h17H,3-12H2,1-2H3,(H2,16,19). The van der Waals surface area contributed by atoms with Crippen molar-refractivity contribution in [2.45, 2.75) is 57.9 Å². The fourth-order valence-corrected chi connectivity index (χ4v) is 3.65. The molecule has 1 heterocycles. The Morgan fingerprint density at radius 1 is 1.05 bits per heavy atom. The minimum Gasteiger partial charge on any atom is -0.368 e. The molecule has 1 aliphatic carbocycles. The number of rotatable bonds is 2. The van der Waals surface area contributed by atoms with Crippen molar-refractivity contribution in [1.82, 2.24) is 10.2 Å². The highest BCUT2D eigenvalue weighted by Crippen LogP contribution is 2.40. The average molecular weight is 267 g/mol. The molecule has 0 aromatic carbocycles. The Hall–Kier alpha value is -0.610. The van der Waals surface area contributed by atoms with E-state index in [1.54, 1.807) is 0 Å². The summed E-state index contributed by atoms with van der Waals surface area (Å²) in [6.45, 7) is 8.59. The van der Waals surface area contributed by atoms with E-state index in [0.717, 1.165) is 58.3 Å². The Bertz CT molecular complexity index is 321. The lowest BCUT2D eigenvalue weighted by Crippen LogP contribution is -2.58. The van der Waals surface area contributed by atoms with Gasteiger partial charge in [-0.3, -0.25) is 9.69 Å². The quantitative estimate of drug-likeness (QED) is 0.745. The smallest absolute Gasteiger partial charge is 0.237 e. The van der Waals surface area contributed by atoms with E-state index in [2.05, 4.69) is 24.1 Å². The predicted molar refractivity (Wildman–Crippen MR) is 77.9 cm³/mol. The number of hydrogen-bond donors (Lipinski definition) is 2. The monoisotopic (exact) mass is 267 g/mol. The summed E-state index contributed by atoms with van der Waals surface area (Å²) in [6.07, 6.45) is 6.38. The number of hydrogen-bond acceptors (Lipinski definition) is 3. The summed E-state index contributed by atoms with van der Waals surface area (Å²) in [4.78, 5) is 14.6. The number of carbonyl (C=O) groups is 1. The molecule has 0 aromatic heterocycles. The SMILES string of the molecule is CC1(C)CCCC(C(N)=O)(N2CCCNCC2)CC1. The first-order valence-electron chi connectivity index (χ1n) is 7.72. The molecule has 1 aliphatic heterocycles. The highest BCUT2D eigenvalue weighted by Gasteiger charge is 2.44. The van der Waals surface area contributed by atoms with Gasteiger partial charge in [-0.15, -0.1) is 0 Å². The number of amides is 1. The van der Waals surface area contributed by atoms with Gasteiger partial charge in [-0.2, -0.15) is 0 Å². The van der Waals surface area contributed by atoms with Crippen molar-refractivity contribution in [3.63, 3.8) is 0 Å². The molecule has 1 saturated heterocycles. The number of carbonyl (C=O) groups excluding carboxylic acids is 1. The van der Waals surface area contributed by atoms with Gasteiger partial charge in [0.05, 0.1) is 0 Å². The molecule has 19 heavy (non-hydrogen) atoms. The van der Waals surface area contributed by atoms with E-state index in [1.807, 2.05) is 0 Å². The van der Waals surface area contributed by atoms with E-state index in [9.17, 15) is 4.79 Å². The molecule has 1 atom stereocenters. The molecule has 0 aromatic rings. The normalized spacial score (nSPS) is 33.4. The van der Waals surface area contributed by atoms with Gasteiger partial charge in [0.25, 0.3) is 0 Å². The van der Waals surface area contributed by atoms with Crippen LogP contribution >= 0.6 is 0 Å². The Morgan fingerprint density at radius 2 is 1.84 bits per heavy atom. The van der Waals surface area contributed by atoms with E-state index in [4.69, 9.17) is 5.73 Å². The summed E-state index contributed by atoms with van der Waals surface area (Å²) in [5, 5.41) is 3.41. The first-order valence-corrected chi connectivity index (χ1v) is 7.72. The summed E-state index contributed by atoms with van der Waals surface area (Å²) in [5.41, 5.74) is 5.80. The highest BCUT2D eigenvalue weighted by molar-refractivity contribution is 5.84. The topological polar surface area (TPSA) is 58.4 Å². The third kappa shape index (κ3) is 3.29. The van der Waals surface area contributed by atoms with Gasteiger partial charge >= 0.3 is 0 Å². The second kappa shape index (κ2) is 5.80. The van der Waals surface area contributed by atoms with Gasteiger partial charge in [0.1, 0.15) is 5.54 Å². The number of primary amides is 1. The summed E-state index contributed by atoms with van der Waals surface area (Å²) in [7, 11) is 0. The molecular formula is C15H29N3O. The fraction of sp³-hybridized carbons (Fsp3) is 0.933. The molecule has 4 heteroatoms. The Morgan fingerprint density at radius 3 is 2.58 bits per heavy atom. The summed E-state index contributed by atoms with van der Waals surface area (Å²) in [6, 6.07) is 0. The molecule has 3 N–H and O–H groups in total. The molecule has 0 radical (unpaired) electrons. The second-order valence-electron chi connectivity index (χ2n) is 7.00. The van der Waals surface area contributed by atoms with Crippen LogP contribution in [-0.4, -0.2) is 42.5 Å². The maximum absolute atomic E-state index is 12.2. The van der Waals surface area contributed by atoms with Crippen LogP contribution in [0.25, 0.3) is 0 Å². The Labute approximate surface area is 117 Å². The van der Waals surface area contributed by atoms with Crippen LogP contribution in [0.5, 0.6) is 0 Å². The number of nitrogens with zero attached hydrogens (tertiary/aromatic N) is 1. The molecule has 2 aliphatic rings. The Kier molecular flexibility index (Phi) is 4.51. The summed E-state index contributed by atoms with van der Waals surface area (Å²) in [5.74, 6) is -0.105. The van der Waals surface area contributed by atoms with Crippen LogP contribution in [0.15, 0.2) is 0 Å². The van der Waals surface area contributed by atoms with Crippen LogP contribution in [0, 0.1) is 5.41 Å². The first kappa shape index (κ1) is 14.8. The molecule has 0 spiro atoms. The maximum atomic E-state index is 12.2. The van der Waals surface area contributed by atoms with Crippen molar-refractivity contribution in [3.8, 4) is 0 Å². The van der Waals surface area contributed by atoms with E-state index < -0.39 is 0 Å². The number of nitrogens with one attached hydrogen (secondary N) is 1. The van der Waals surface area contributed by atoms with Gasteiger partial charge in [-0.25, -0.2) is 0 Å². The van der Waals surface area contributed by atoms with Crippen LogP contribution in [0.4, 0.5) is 0 Å².